The fourth-order valence-electron chi connectivity index (χ4n) is 3.88. The average molecular weight is 386 g/mol. The molecule has 4 rings (SSSR count). The van der Waals surface area contributed by atoms with Crippen LogP contribution in [0.4, 0.5) is 24.5 Å². The standard InChI is InChI=1S/C22H21F3N2O/c23-22(24,25)18-10-8-16(9-11-18)15-20(28)27-14-4-6-17-5-3-7-19(21(17)27)26-12-1-2-13-26/h3-11H,1-2,12-15H2. The SMILES string of the molecule is O=C(Cc1ccc(C(F)(F)F)cc1)N1CC=Cc2cccc(N3CCCC3)c21. The molecular weight excluding hydrogens is 365 g/mol. The van der Waals surface area contributed by atoms with Crippen molar-refractivity contribution in [1.29, 1.82) is 0 Å². The summed E-state index contributed by atoms with van der Waals surface area (Å²) in [7, 11) is 0. The first-order valence-electron chi connectivity index (χ1n) is 9.44. The molecule has 2 aliphatic rings. The second kappa shape index (κ2) is 7.34. The number of carbonyl (C=O) groups excluding carboxylic acids is 1. The first kappa shape index (κ1) is 18.6. The van der Waals surface area contributed by atoms with Crippen molar-refractivity contribution in [2.75, 3.05) is 29.4 Å². The Kier molecular flexibility index (Phi) is 4.87. The molecule has 2 aromatic carbocycles. The summed E-state index contributed by atoms with van der Waals surface area (Å²) < 4.78 is 38.2. The Labute approximate surface area is 162 Å². The predicted octanol–water partition coefficient (Wildman–Crippen LogP) is 4.91. The van der Waals surface area contributed by atoms with Gasteiger partial charge >= 0.3 is 6.18 Å². The molecule has 2 heterocycles. The number of rotatable bonds is 3. The number of nitrogens with zero attached hydrogens (tertiary/aromatic N) is 2. The van der Waals surface area contributed by atoms with Crippen LogP contribution in [0.2, 0.25) is 0 Å². The molecule has 1 amide bonds. The van der Waals surface area contributed by atoms with E-state index in [-0.39, 0.29) is 12.3 Å². The van der Waals surface area contributed by atoms with Crippen LogP contribution < -0.4 is 9.80 Å². The largest absolute Gasteiger partial charge is 0.416 e. The minimum atomic E-state index is -4.37. The second-order valence-corrected chi connectivity index (χ2v) is 7.19. The Morgan fingerprint density at radius 1 is 1.00 bits per heavy atom. The highest BCUT2D eigenvalue weighted by atomic mass is 19.4. The summed E-state index contributed by atoms with van der Waals surface area (Å²) >= 11 is 0. The number of carbonyl (C=O) groups is 1. The summed E-state index contributed by atoms with van der Waals surface area (Å²) in [4.78, 5) is 17.1. The van der Waals surface area contributed by atoms with Crippen LogP contribution in [0.5, 0.6) is 0 Å². The molecule has 6 heteroatoms. The smallest absolute Gasteiger partial charge is 0.370 e. The van der Waals surface area contributed by atoms with Crippen molar-refractivity contribution < 1.29 is 18.0 Å². The first-order valence-corrected chi connectivity index (χ1v) is 9.44. The fourth-order valence-corrected chi connectivity index (χ4v) is 3.88. The van der Waals surface area contributed by atoms with E-state index >= 15 is 0 Å². The molecule has 0 bridgehead atoms. The van der Waals surface area contributed by atoms with Crippen LogP contribution in [0.15, 0.2) is 48.5 Å². The van der Waals surface area contributed by atoms with Gasteiger partial charge in [0.25, 0.3) is 0 Å². The zero-order chi connectivity index (χ0) is 19.7. The number of para-hydroxylation sites is 1. The molecule has 2 aromatic rings. The highest BCUT2D eigenvalue weighted by Crippen LogP contribution is 2.38. The maximum absolute atomic E-state index is 13.0. The van der Waals surface area contributed by atoms with E-state index in [1.807, 2.05) is 30.4 Å². The van der Waals surface area contributed by atoms with Crippen LogP contribution in [-0.2, 0) is 17.4 Å². The minimum absolute atomic E-state index is 0.0692. The van der Waals surface area contributed by atoms with Gasteiger partial charge in [-0.3, -0.25) is 4.79 Å². The Balaban J connectivity index is 1.59. The van der Waals surface area contributed by atoms with Crippen molar-refractivity contribution >= 4 is 23.4 Å². The first-order chi connectivity index (χ1) is 13.4. The number of halogens is 3. The molecule has 0 aliphatic carbocycles. The van der Waals surface area contributed by atoms with Crippen LogP contribution in [0.25, 0.3) is 6.08 Å². The molecule has 0 atom stereocenters. The third kappa shape index (κ3) is 3.63. The maximum atomic E-state index is 13.0. The lowest BCUT2D eigenvalue weighted by molar-refractivity contribution is -0.137. The molecule has 0 unspecified atom stereocenters. The number of benzene rings is 2. The summed E-state index contributed by atoms with van der Waals surface area (Å²) in [5.41, 5.74) is 2.83. The van der Waals surface area contributed by atoms with E-state index in [9.17, 15) is 18.0 Å². The zero-order valence-corrected chi connectivity index (χ0v) is 15.4. The van der Waals surface area contributed by atoms with E-state index in [4.69, 9.17) is 0 Å². The van der Waals surface area contributed by atoms with Gasteiger partial charge in [-0.15, -0.1) is 0 Å². The van der Waals surface area contributed by atoms with Gasteiger partial charge in [0.05, 0.1) is 23.4 Å². The maximum Gasteiger partial charge on any atom is 0.416 e. The third-order valence-corrected chi connectivity index (χ3v) is 5.29. The van der Waals surface area contributed by atoms with Crippen molar-refractivity contribution in [3.63, 3.8) is 0 Å². The number of fused-ring (bicyclic) bond motifs is 1. The molecule has 1 fully saturated rings. The van der Waals surface area contributed by atoms with Gasteiger partial charge in [0.2, 0.25) is 5.91 Å². The number of hydrogen-bond acceptors (Lipinski definition) is 2. The van der Waals surface area contributed by atoms with Crippen LogP contribution in [-0.4, -0.2) is 25.5 Å². The molecule has 0 spiro atoms. The van der Waals surface area contributed by atoms with Crippen LogP contribution in [0.3, 0.4) is 0 Å². The minimum Gasteiger partial charge on any atom is -0.370 e. The average Bonchev–Trinajstić information content (AvgIpc) is 3.21. The molecule has 0 saturated carbocycles. The Morgan fingerprint density at radius 3 is 2.39 bits per heavy atom. The molecule has 0 aromatic heterocycles. The summed E-state index contributed by atoms with van der Waals surface area (Å²) in [6, 6.07) is 10.9. The third-order valence-electron chi connectivity index (χ3n) is 5.29. The molecule has 1 saturated heterocycles. The Morgan fingerprint density at radius 2 is 1.71 bits per heavy atom. The fraction of sp³-hybridized carbons (Fsp3) is 0.318. The van der Waals surface area contributed by atoms with Gasteiger partial charge < -0.3 is 9.80 Å². The Hall–Kier alpha value is -2.76. The highest BCUT2D eigenvalue weighted by Gasteiger charge is 2.30. The monoisotopic (exact) mass is 386 g/mol. The quantitative estimate of drug-likeness (QED) is 0.749. The molecule has 0 radical (unpaired) electrons. The van der Waals surface area contributed by atoms with E-state index in [2.05, 4.69) is 4.90 Å². The van der Waals surface area contributed by atoms with E-state index in [1.54, 1.807) is 4.90 Å². The number of amides is 1. The normalized spacial score (nSPS) is 16.4. The molecule has 0 N–H and O–H groups in total. The number of hydrogen-bond donors (Lipinski definition) is 0. The second-order valence-electron chi connectivity index (χ2n) is 7.19. The zero-order valence-electron chi connectivity index (χ0n) is 15.4. The highest BCUT2D eigenvalue weighted by molar-refractivity contribution is 6.02. The van der Waals surface area contributed by atoms with Crippen LogP contribution in [0.1, 0.15) is 29.5 Å². The van der Waals surface area contributed by atoms with Gasteiger partial charge in [0, 0.05) is 25.2 Å². The van der Waals surface area contributed by atoms with Crippen LogP contribution in [0, 0.1) is 0 Å². The van der Waals surface area contributed by atoms with E-state index in [0.29, 0.717) is 12.1 Å². The van der Waals surface area contributed by atoms with E-state index in [0.717, 1.165) is 55.0 Å². The lowest BCUT2D eigenvalue weighted by atomic mass is 10.0. The van der Waals surface area contributed by atoms with Crippen molar-refractivity contribution in [1.82, 2.24) is 0 Å². The lowest BCUT2D eigenvalue weighted by Crippen LogP contribution is -2.36. The van der Waals surface area contributed by atoms with Crippen LogP contribution >= 0.6 is 0 Å². The van der Waals surface area contributed by atoms with Gasteiger partial charge in [-0.2, -0.15) is 13.2 Å². The molecule has 2 aliphatic heterocycles. The van der Waals surface area contributed by atoms with Crippen molar-refractivity contribution in [2.45, 2.75) is 25.4 Å². The van der Waals surface area contributed by atoms with Crippen molar-refractivity contribution in [3.8, 4) is 0 Å². The molecular formula is C22H21F3N2O. The van der Waals surface area contributed by atoms with Gasteiger partial charge in [-0.1, -0.05) is 36.4 Å². The summed E-state index contributed by atoms with van der Waals surface area (Å²) in [5.74, 6) is -0.114. The summed E-state index contributed by atoms with van der Waals surface area (Å²) in [6.45, 7) is 2.42. The molecule has 28 heavy (non-hydrogen) atoms. The molecule has 146 valence electrons. The van der Waals surface area contributed by atoms with Crippen molar-refractivity contribution in [2.24, 2.45) is 0 Å². The van der Waals surface area contributed by atoms with Gasteiger partial charge in [-0.05, 0) is 36.6 Å². The van der Waals surface area contributed by atoms with E-state index in [1.165, 1.54) is 12.1 Å². The lowest BCUT2D eigenvalue weighted by Gasteiger charge is -2.32. The Bertz CT molecular complexity index is 897. The number of anilines is 2. The topological polar surface area (TPSA) is 23.6 Å². The van der Waals surface area contributed by atoms with Gasteiger partial charge in [-0.25, -0.2) is 0 Å². The molecule has 3 nitrogen and oxygen atoms in total. The van der Waals surface area contributed by atoms with E-state index < -0.39 is 11.7 Å². The van der Waals surface area contributed by atoms with Gasteiger partial charge in [0.1, 0.15) is 0 Å². The summed E-state index contributed by atoms with van der Waals surface area (Å²) in [5, 5.41) is 0. The van der Waals surface area contributed by atoms with Crippen molar-refractivity contribution in [3.05, 3.63) is 65.2 Å². The number of alkyl halides is 3. The predicted molar refractivity (Wildman–Crippen MR) is 104 cm³/mol. The summed E-state index contributed by atoms with van der Waals surface area (Å²) in [6.07, 6.45) is 1.94. The van der Waals surface area contributed by atoms with Gasteiger partial charge in [0.15, 0.2) is 0 Å².